The van der Waals surface area contributed by atoms with Gasteiger partial charge in [-0.25, -0.2) is 0 Å². The van der Waals surface area contributed by atoms with Crippen LogP contribution in [0.15, 0.2) is 24.3 Å². The van der Waals surface area contributed by atoms with Crippen molar-refractivity contribution >= 4 is 5.91 Å². The molecule has 0 saturated heterocycles. The molecule has 1 aromatic rings. The maximum absolute atomic E-state index is 11.7. The lowest BCUT2D eigenvalue weighted by Crippen LogP contribution is -2.30. The van der Waals surface area contributed by atoms with Crippen LogP contribution in [0.2, 0.25) is 0 Å². The summed E-state index contributed by atoms with van der Waals surface area (Å²) in [5.74, 6) is -0.220. The van der Waals surface area contributed by atoms with Gasteiger partial charge in [0.15, 0.2) is 0 Å². The number of rotatable bonds is 2. The standard InChI is InChI=1S/C10H11NO3/c12-5-9-7-3-1-2-4-8(7)10(14)11(9)6-13/h1-4,9,12-13H,5-6H2. The van der Waals surface area contributed by atoms with Crippen LogP contribution < -0.4 is 0 Å². The van der Waals surface area contributed by atoms with Gasteiger partial charge in [0.2, 0.25) is 0 Å². The Morgan fingerprint density at radius 3 is 2.64 bits per heavy atom. The molecule has 1 aromatic carbocycles. The first-order valence-corrected chi connectivity index (χ1v) is 4.41. The number of carbonyl (C=O) groups excluding carboxylic acids is 1. The average Bonchev–Trinajstić information content (AvgIpc) is 2.51. The second-order valence-corrected chi connectivity index (χ2v) is 3.20. The minimum atomic E-state index is -0.399. The molecule has 0 aliphatic carbocycles. The van der Waals surface area contributed by atoms with Crippen molar-refractivity contribution in [3.63, 3.8) is 0 Å². The number of hydrogen-bond donors (Lipinski definition) is 2. The summed E-state index contributed by atoms with van der Waals surface area (Å²) >= 11 is 0. The van der Waals surface area contributed by atoms with E-state index in [2.05, 4.69) is 0 Å². The van der Waals surface area contributed by atoms with Gasteiger partial charge in [-0.3, -0.25) is 4.79 Å². The molecule has 1 atom stereocenters. The predicted molar refractivity (Wildman–Crippen MR) is 49.5 cm³/mol. The zero-order chi connectivity index (χ0) is 10.1. The van der Waals surface area contributed by atoms with Gasteiger partial charge in [-0.15, -0.1) is 0 Å². The molecule has 0 bridgehead atoms. The smallest absolute Gasteiger partial charge is 0.256 e. The van der Waals surface area contributed by atoms with Crippen molar-refractivity contribution in [2.75, 3.05) is 13.3 Å². The van der Waals surface area contributed by atoms with Crippen molar-refractivity contribution in [2.24, 2.45) is 0 Å². The van der Waals surface area contributed by atoms with Crippen molar-refractivity contribution < 1.29 is 15.0 Å². The molecule has 2 N–H and O–H groups in total. The molecule has 4 nitrogen and oxygen atoms in total. The van der Waals surface area contributed by atoms with E-state index in [9.17, 15) is 4.79 Å². The molecule has 0 spiro atoms. The van der Waals surface area contributed by atoms with Crippen LogP contribution in [0.3, 0.4) is 0 Å². The second kappa shape index (κ2) is 3.40. The Morgan fingerprint density at radius 2 is 2.00 bits per heavy atom. The topological polar surface area (TPSA) is 60.8 Å². The molecule has 0 aromatic heterocycles. The Balaban J connectivity index is 2.48. The van der Waals surface area contributed by atoms with E-state index in [4.69, 9.17) is 10.2 Å². The molecular weight excluding hydrogens is 182 g/mol. The molecule has 1 unspecified atom stereocenters. The number of benzene rings is 1. The van der Waals surface area contributed by atoms with Crippen LogP contribution in [-0.4, -0.2) is 34.4 Å². The highest BCUT2D eigenvalue weighted by atomic mass is 16.3. The van der Waals surface area contributed by atoms with Gasteiger partial charge in [-0.05, 0) is 11.6 Å². The van der Waals surface area contributed by atoms with Crippen LogP contribution in [0.25, 0.3) is 0 Å². The molecule has 0 saturated carbocycles. The first kappa shape index (κ1) is 9.18. The molecule has 1 aliphatic rings. The zero-order valence-corrected chi connectivity index (χ0v) is 7.55. The normalized spacial score (nSPS) is 20.0. The Bertz CT molecular complexity index is 364. The minimum absolute atomic E-state index is 0.163. The number of nitrogens with zero attached hydrogens (tertiary/aromatic N) is 1. The lowest BCUT2D eigenvalue weighted by atomic mass is 10.1. The van der Waals surface area contributed by atoms with Crippen molar-refractivity contribution in [2.45, 2.75) is 6.04 Å². The van der Waals surface area contributed by atoms with E-state index in [-0.39, 0.29) is 19.2 Å². The fraction of sp³-hybridized carbons (Fsp3) is 0.300. The van der Waals surface area contributed by atoms with Crippen LogP contribution in [0.5, 0.6) is 0 Å². The summed E-state index contributed by atoms with van der Waals surface area (Å²) in [4.78, 5) is 12.9. The van der Waals surface area contributed by atoms with E-state index in [0.717, 1.165) is 5.56 Å². The van der Waals surface area contributed by atoms with Crippen LogP contribution >= 0.6 is 0 Å². The van der Waals surface area contributed by atoms with Gasteiger partial charge in [0, 0.05) is 5.56 Å². The molecule has 4 heteroatoms. The third kappa shape index (κ3) is 1.12. The molecular formula is C10H11NO3. The molecule has 0 radical (unpaired) electrons. The summed E-state index contributed by atoms with van der Waals surface area (Å²) in [7, 11) is 0. The summed E-state index contributed by atoms with van der Waals surface area (Å²) in [6.45, 7) is -0.526. The van der Waals surface area contributed by atoms with Gasteiger partial charge in [0.05, 0.1) is 12.6 Å². The fourth-order valence-electron chi connectivity index (χ4n) is 1.81. The van der Waals surface area contributed by atoms with Crippen LogP contribution in [0.4, 0.5) is 0 Å². The van der Waals surface area contributed by atoms with E-state index >= 15 is 0 Å². The fourth-order valence-corrected chi connectivity index (χ4v) is 1.81. The summed E-state index contributed by atoms with van der Waals surface area (Å²) in [6, 6.07) is 6.69. The SMILES string of the molecule is O=C1c2ccccc2C(CO)N1CO. The zero-order valence-electron chi connectivity index (χ0n) is 7.55. The largest absolute Gasteiger partial charge is 0.394 e. The van der Waals surface area contributed by atoms with Crippen molar-refractivity contribution in [1.82, 2.24) is 4.90 Å². The van der Waals surface area contributed by atoms with Crippen LogP contribution in [-0.2, 0) is 0 Å². The van der Waals surface area contributed by atoms with Crippen LogP contribution in [0, 0.1) is 0 Å². The molecule has 1 amide bonds. The Kier molecular flexibility index (Phi) is 2.23. The molecule has 0 fully saturated rings. The van der Waals surface area contributed by atoms with E-state index in [0.29, 0.717) is 5.56 Å². The highest BCUT2D eigenvalue weighted by Gasteiger charge is 2.35. The number of carbonyl (C=O) groups is 1. The summed E-state index contributed by atoms with van der Waals surface area (Å²) in [5, 5.41) is 18.1. The van der Waals surface area contributed by atoms with Crippen LogP contribution in [0.1, 0.15) is 22.0 Å². The third-order valence-electron chi connectivity index (χ3n) is 2.51. The predicted octanol–water partition coefficient (Wildman–Crippen LogP) is 0.126. The highest BCUT2D eigenvalue weighted by molar-refractivity contribution is 5.99. The van der Waals surface area contributed by atoms with E-state index in [1.54, 1.807) is 18.2 Å². The van der Waals surface area contributed by atoms with Crippen molar-refractivity contribution in [3.8, 4) is 0 Å². The quantitative estimate of drug-likeness (QED) is 0.701. The lowest BCUT2D eigenvalue weighted by molar-refractivity contribution is 0.0363. The van der Waals surface area contributed by atoms with Gasteiger partial charge < -0.3 is 15.1 Å². The average molecular weight is 193 g/mol. The van der Waals surface area contributed by atoms with E-state index in [1.165, 1.54) is 4.90 Å². The Hall–Kier alpha value is -1.39. The summed E-state index contributed by atoms with van der Waals surface area (Å²) in [6.07, 6.45) is 0. The van der Waals surface area contributed by atoms with Gasteiger partial charge >= 0.3 is 0 Å². The molecule has 1 aliphatic heterocycles. The van der Waals surface area contributed by atoms with E-state index in [1.807, 2.05) is 6.07 Å². The summed E-state index contributed by atoms with van der Waals surface area (Å²) in [5.41, 5.74) is 1.36. The molecule has 14 heavy (non-hydrogen) atoms. The summed E-state index contributed by atoms with van der Waals surface area (Å²) < 4.78 is 0. The number of fused-ring (bicyclic) bond motifs is 1. The molecule has 74 valence electrons. The van der Waals surface area contributed by atoms with Gasteiger partial charge in [0.1, 0.15) is 6.73 Å². The highest BCUT2D eigenvalue weighted by Crippen LogP contribution is 2.32. The number of hydrogen-bond acceptors (Lipinski definition) is 3. The third-order valence-corrected chi connectivity index (χ3v) is 2.51. The second-order valence-electron chi connectivity index (χ2n) is 3.20. The number of aliphatic hydroxyl groups is 2. The first-order valence-electron chi connectivity index (χ1n) is 4.41. The molecule has 1 heterocycles. The molecule has 2 rings (SSSR count). The van der Waals surface area contributed by atoms with E-state index < -0.39 is 6.04 Å². The monoisotopic (exact) mass is 193 g/mol. The maximum atomic E-state index is 11.7. The van der Waals surface area contributed by atoms with Gasteiger partial charge in [0.25, 0.3) is 5.91 Å². The Morgan fingerprint density at radius 1 is 1.29 bits per heavy atom. The lowest BCUT2D eigenvalue weighted by Gasteiger charge is -2.20. The minimum Gasteiger partial charge on any atom is -0.394 e. The van der Waals surface area contributed by atoms with Crippen molar-refractivity contribution in [3.05, 3.63) is 35.4 Å². The first-order chi connectivity index (χ1) is 6.79. The number of aliphatic hydroxyl groups excluding tert-OH is 2. The van der Waals surface area contributed by atoms with Gasteiger partial charge in [-0.1, -0.05) is 18.2 Å². The Labute approximate surface area is 81.4 Å². The number of amides is 1. The van der Waals surface area contributed by atoms with Crippen molar-refractivity contribution in [1.29, 1.82) is 0 Å². The van der Waals surface area contributed by atoms with Gasteiger partial charge in [-0.2, -0.15) is 0 Å². The maximum Gasteiger partial charge on any atom is 0.256 e.